The lowest BCUT2D eigenvalue weighted by atomic mass is 10.1. The van der Waals surface area contributed by atoms with Crippen LogP contribution in [-0.2, 0) is 32.3 Å². The van der Waals surface area contributed by atoms with Crippen LogP contribution in [0.3, 0.4) is 0 Å². The Morgan fingerprint density at radius 1 is 1.12 bits per heavy atom. The smallest absolute Gasteiger partial charge is 0.326 e. The number of carboxylic acids is 1. The first-order valence-electron chi connectivity index (χ1n) is 10.2. The summed E-state index contributed by atoms with van der Waals surface area (Å²) in [6.45, 7) is 3.47. The first-order valence-corrected chi connectivity index (χ1v) is 11.4. The first-order chi connectivity index (χ1) is 16.3. The SMILES string of the molecule is C=c1s/c(=C2\C(=O)N(CC(=O)OCc3ccccc3)c3ccc(Cl)cc32)c(=O)n1CCC(=O)O. The van der Waals surface area contributed by atoms with Gasteiger partial charge in [0, 0.05) is 17.1 Å². The number of benzene rings is 2. The number of halogens is 1. The van der Waals surface area contributed by atoms with Crippen LogP contribution in [0.15, 0.2) is 53.3 Å². The molecule has 0 spiro atoms. The molecule has 0 saturated carbocycles. The number of aliphatic carboxylic acids is 1. The van der Waals surface area contributed by atoms with E-state index in [0.29, 0.717) is 20.9 Å². The van der Waals surface area contributed by atoms with Crippen molar-refractivity contribution < 1.29 is 24.2 Å². The fourth-order valence-electron chi connectivity index (χ4n) is 3.64. The second-order valence-electron chi connectivity index (χ2n) is 7.50. The lowest BCUT2D eigenvalue weighted by Crippen LogP contribution is -2.37. The minimum absolute atomic E-state index is 0.0653. The van der Waals surface area contributed by atoms with Gasteiger partial charge in [0.1, 0.15) is 17.7 Å². The molecule has 0 atom stereocenters. The molecule has 4 rings (SSSR count). The molecular weight excluding hydrogens is 480 g/mol. The summed E-state index contributed by atoms with van der Waals surface area (Å²) in [4.78, 5) is 51.2. The normalized spacial score (nSPS) is 14.3. The zero-order valence-electron chi connectivity index (χ0n) is 17.8. The summed E-state index contributed by atoms with van der Waals surface area (Å²) in [7, 11) is 0. The van der Waals surface area contributed by atoms with Crippen molar-refractivity contribution in [3.8, 4) is 0 Å². The number of hydrogen-bond donors (Lipinski definition) is 1. The highest BCUT2D eigenvalue weighted by atomic mass is 35.5. The van der Waals surface area contributed by atoms with E-state index in [1.165, 1.54) is 9.47 Å². The lowest BCUT2D eigenvalue weighted by molar-refractivity contribution is -0.144. The molecule has 0 radical (unpaired) electrons. The predicted molar refractivity (Wildman–Crippen MR) is 128 cm³/mol. The first kappa shape index (κ1) is 23.5. The van der Waals surface area contributed by atoms with Crippen molar-refractivity contribution in [1.82, 2.24) is 4.57 Å². The van der Waals surface area contributed by atoms with Crippen LogP contribution < -0.4 is 19.7 Å². The number of thiazole rings is 1. The maximum Gasteiger partial charge on any atom is 0.326 e. The number of carboxylic acid groups (broad SMARTS) is 1. The number of ether oxygens (including phenoxy) is 1. The number of rotatable bonds is 7. The van der Waals surface area contributed by atoms with Gasteiger partial charge in [0.15, 0.2) is 0 Å². The van der Waals surface area contributed by atoms with E-state index in [0.717, 1.165) is 16.9 Å². The average Bonchev–Trinajstić information content (AvgIpc) is 3.23. The van der Waals surface area contributed by atoms with E-state index in [9.17, 15) is 19.2 Å². The number of aromatic nitrogens is 1. The topological polar surface area (TPSA) is 106 Å². The van der Waals surface area contributed by atoms with E-state index in [1.54, 1.807) is 18.2 Å². The van der Waals surface area contributed by atoms with Crippen LogP contribution in [0.4, 0.5) is 5.69 Å². The van der Waals surface area contributed by atoms with Gasteiger partial charge < -0.3 is 9.84 Å². The Morgan fingerprint density at radius 2 is 1.85 bits per heavy atom. The zero-order chi connectivity index (χ0) is 24.4. The fourth-order valence-corrected chi connectivity index (χ4v) is 4.83. The van der Waals surface area contributed by atoms with Crippen LogP contribution in [0.1, 0.15) is 17.5 Å². The molecule has 1 aliphatic rings. The average molecular weight is 499 g/mol. The Morgan fingerprint density at radius 3 is 2.56 bits per heavy atom. The van der Waals surface area contributed by atoms with Gasteiger partial charge in [-0.05, 0) is 23.8 Å². The summed E-state index contributed by atoms with van der Waals surface area (Å²) in [6.07, 6.45) is -0.260. The number of nitrogens with zero attached hydrogens (tertiary/aromatic N) is 2. The molecule has 2 heterocycles. The number of hydrogen-bond acceptors (Lipinski definition) is 6. The molecule has 10 heteroatoms. The van der Waals surface area contributed by atoms with Gasteiger partial charge in [-0.2, -0.15) is 0 Å². The third kappa shape index (κ3) is 4.66. The van der Waals surface area contributed by atoms with E-state index in [4.69, 9.17) is 21.4 Å². The minimum atomic E-state index is -1.05. The van der Waals surface area contributed by atoms with E-state index < -0.39 is 23.4 Å². The second-order valence-corrected chi connectivity index (χ2v) is 9.02. The van der Waals surface area contributed by atoms with Crippen molar-refractivity contribution in [1.29, 1.82) is 0 Å². The molecule has 34 heavy (non-hydrogen) atoms. The molecule has 8 nitrogen and oxygen atoms in total. The number of carbonyl (C=O) groups is 3. The number of fused-ring (bicyclic) bond motifs is 1. The molecule has 3 aromatic rings. The second kappa shape index (κ2) is 9.66. The molecule has 0 unspecified atom stereocenters. The summed E-state index contributed by atoms with van der Waals surface area (Å²) in [5.74, 6) is -2.21. The third-order valence-corrected chi connectivity index (χ3v) is 6.52. The van der Waals surface area contributed by atoms with Gasteiger partial charge >= 0.3 is 11.9 Å². The van der Waals surface area contributed by atoms with E-state index in [1.807, 2.05) is 30.3 Å². The molecule has 1 amide bonds. The van der Waals surface area contributed by atoms with E-state index in [-0.39, 0.29) is 36.2 Å². The molecule has 1 aromatic heterocycles. The van der Waals surface area contributed by atoms with Crippen LogP contribution in [-0.4, -0.2) is 34.1 Å². The molecule has 0 saturated heterocycles. The maximum absolute atomic E-state index is 13.4. The van der Waals surface area contributed by atoms with Crippen molar-refractivity contribution in [3.63, 3.8) is 0 Å². The van der Waals surface area contributed by atoms with Crippen LogP contribution in [0.5, 0.6) is 0 Å². The van der Waals surface area contributed by atoms with Crippen molar-refractivity contribution in [2.24, 2.45) is 0 Å². The zero-order valence-corrected chi connectivity index (χ0v) is 19.4. The van der Waals surface area contributed by atoms with Crippen LogP contribution >= 0.6 is 22.9 Å². The Hall–Kier alpha value is -3.69. The summed E-state index contributed by atoms with van der Waals surface area (Å²) in [6, 6.07) is 13.9. The number of anilines is 1. The molecule has 1 N–H and O–H groups in total. The summed E-state index contributed by atoms with van der Waals surface area (Å²) in [5.41, 5.74) is 1.24. The molecule has 0 bridgehead atoms. The summed E-state index contributed by atoms with van der Waals surface area (Å²) in [5, 5.41) is 9.31. The lowest BCUT2D eigenvalue weighted by Gasteiger charge is -2.16. The van der Waals surface area contributed by atoms with Crippen molar-refractivity contribution >= 4 is 58.6 Å². The van der Waals surface area contributed by atoms with E-state index >= 15 is 0 Å². The fraction of sp³-hybridized carbons (Fsp3) is 0.167. The van der Waals surface area contributed by atoms with Crippen LogP contribution in [0.25, 0.3) is 12.2 Å². The van der Waals surface area contributed by atoms with Gasteiger partial charge in [0.05, 0.1) is 22.3 Å². The molecule has 1 aliphatic heterocycles. The molecular formula is C24H19ClN2O6S. The Bertz CT molecular complexity index is 1460. The quantitative estimate of drug-likeness (QED) is 0.497. The maximum atomic E-state index is 13.4. The highest BCUT2D eigenvalue weighted by Gasteiger charge is 2.36. The molecule has 0 fully saturated rings. The number of amides is 1. The van der Waals surface area contributed by atoms with Crippen LogP contribution in [0.2, 0.25) is 5.02 Å². The van der Waals surface area contributed by atoms with Gasteiger partial charge in [0.2, 0.25) is 0 Å². The summed E-state index contributed by atoms with van der Waals surface area (Å²) < 4.78 is 6.99. The van der Waals surface area contributed by atoms with Crippen molar-refractivity contribution in [2.45, 2.75) is 19.6 Å². The highest BCUT2D eigenvalue weighted by Crippen LogP contribution is 2.36. The van der Waals surface area contributed by atoms with Gasteiger partial charge in [-0.3, -0.25) is 28.6 Å². The number of esters is 1. The van der Waals surface area contributed by atoms with Gasteiger partial charge in [0.25, 0.3) is 11.5 Å². The Labute approximate surface area is 202 Å². The summed E-state index contributed by atoms with van der Waals surface area (Å²) >= 11 is 7.16. The van der Waals surface area contributed by atoms with Crippen LogP contribution in [0, 0.1) is 0 Å². The third-order valence-electron chi connectivity index (χ3n) is 5.24. The van der Waals surface area contributed by atoms with Gasteiger partial charge in [-0.15, -0.1) is 11.3 Å². The van der Waals surface area contributed by atoms with Gasteiger partial charge in [-0.1, -0.05) is 48.5 Å². The molecule has 2 aromatic carbocycles. The Kier molecular flexibility index (Phi) is 6.67. The standard InChI is InChI=1S/C24H19ClN2O6S/c1-14-26(10-9-19(28)29)24(32)22(34-14)21-17-11-16(25)7-8-18(17)27(23(21)31)12-20(30)33-13-15-5-3-2-4-6-15/h2-8,11H,1,9-10,12-13H2,(H,28,29)/b22-21-. The van der Waals surface area contributed by atoms with Crippen molar-refractivity contribution in [3.05, 3.63) is 84.2 Å². The Balaban J connectivity index is 1.70. The number of carbonyl (C=O) groups excluding carboxylic acids is 2. The van der Waals surface area contributed by atoms with Gasteiger partial charge in [-0.25, -0.2) is 0 Å². The molecule has 174 valence electrons. The monoisotopic (exact) mass is 498 g/mol. The predicted octanol–water partition coefficient (Wildman–Crippen LogP) is 1.74. The largest absolute Gasteiger partial charge is 0.481 e. The van der Waals surface area contributed by atoms with E-state index in [2.05, 4.69) is 6.58 Å². The minimum Gasteiger partial charge on any atom is -0.481 e. The highest BCUT2D eigenvalue weighted by molar-refractivity contribution is 7.07. The molecule has 0 aliphatic carbocycles. The van der Waals surface area contributed by atoms with Crippen molar-refractivity contribution in [2.75, 3.05) is 11.4 Å².